The second-order valence-electron chi connectivity index (χ2n) is 5.10. The van der Waals surface area contributed by atoms with Crippen LogP contribution in [0.5, 0.6) is 0 Å². The number of amides is 2. The molecule has 0 unspecified atom stereocenters. The van der Waals surface area contributed by atoms with Crippen molar-refractivity contribution in [1.29, 1.82) is 0 Å². The van der Waals surface area contributed by atoms with Gasteiger partial charge in [-0.25, -0.2) is 0 Å². The van der Waals surface area contributed by atoms with E-state index in [1.807, 2.05) is 0 Å². The van der Waals surface area contributed by atoms with Crippen molar-refractivity contribution in [1.82, 2.24) is 4.90 Å². The molecule has 0 bridgehead atoms. The predicted octanol–water partition coefficient (Wildman–Crippen LogP) is 0.558. The van der Waals surface area contributed by atoms with Gasteiger partial charge in [0, 0.05) is 25.7 Å². The third kappa shape index (κ3) is 5.00. The number of thiocarbonyl (C=S) groups is 1. The molecule has 1 heterocycles. The molecule has 4 N–H and O–H groups in total. The molecule has 0 aromatic heterocycles. The first-order chi connectivity index (χ1) is 11.5. The average molecular weight is 349 g/mol. The van der Waals surface area contributed by atoms with E-state index in [4.69, 9.17) is 22.7 Å². The van der Waals surface area contributed by atoms with Crippen molar-refractivity contribution < 1.29 is 14.3 Å². The Hall–Kier alpha value is -2.52. The Labute approximate surface area is 145 Å². The molecule has 2 rings (SSSR count). The molecule has 1 aliphatic rings. The monoisotopic (exact) mass is 349 g/mol. The molecule has 1 saturated heterocycles. The molecule has 1 aliphatic heterocycles. The third-order valence-corrected chi connectivity index (χ3v) is 3.43. The summed E-state index contributed by atoms with van der Waals surface area (Å²) >= 11 is 4.93. The maximum Gasteiger partial charge on any atom is 0.277 e. The largest absolute Gasteiger partial charge is 0.388 e. The maximum absolute atomic E-state index is 12.4. The zero-order valence-corrected chi connectivity index (χ0v) is 14.1. The number of morpholine rings is 1. The van der Waals surface area contributed by atoms with Crippen LogP contribution in [0.4, 0.5) is 11.4 Å². The van der Waals surface area contributed by atoms with Crippen LogP contribution in [0.2, 0.25) is 0 Å². The number of carbonyl (C=O) groups excluding carboxylic acids is 2. The van der Waals surface area contributed by atoms with Gasteiger partial charge in [0.05, 0.1) is 18.9 Å². The van der Waals surface area contributed by atoms with Crippen molar-refractivity contribution in [2.75, 3.05) is 37.0 Å². The summed E-state index contributed by atoms with van der Waals surface area (Å²) in [5.41, 5.74) is 9.67. The Kier molecular flexibility index (Phi) is 6.21. The number of hydrogen-bond acceptors (Lipinski definition) is 6. The van der Waals surface area contributed by atoms with Gasteiger partial charge in [-0.05, 0) is 24.3 Å². The van der Waals surface area contributed by atoms with Crippen LogP contribution < -0.4 is 16.5 Å². The molecular weight excluding hydrogens is 330 g/mol. The molecule has 24 heavy (non-hydrogen) atoms. The Morgan fingerprint density at radius 1 is 1.21 bits per heavy atom. The van der Waals surface area contributed by atoms with Gasteiger partial charge in [0.25, 0.3) is 5.91 Å². The van der Waals surface area contributed by atoms with Gasteiger partial charge in [-0.1, -0.05) is 12.2 Å². The number of nitrogens with two attached hydrogens (primary N) is 1. The highest BCUT2D eigenvalue weighted by atomic mass is 32.1. The van der Waals surface area contributed by atoms with Gasteiger partial charge in [-0.15, -0.1) is 0 Å². The zero-order valence-electron chi connectivity index (χ0n) is 13.2. The highest BCUT2D eigenvalue weighted by Crippen LogP contribution is 2.13. The van der Waals surface area contributed by atoms with E-state index in [0.717, 1.165) is 0 Å². The molecule has 0 aliphatic carbocycles. The van der Waals surface area contributed by atoms with Crippen molar-refractivity contribution in [3.8, 4) is 0 Å². The van der Waals surface area contributed by atoms with Crippen molar-refractivity contribution in [2.24, 2.45) is 10.8 Å². The average Bonchev–Trinajstić information content (AvgIpc) is 2.56. The van der Waals surface area contributed by atoms with Crippen molar-refractivity contribution in [2.45, 2.75) is 6.92 Å². The minimum absolute atomic E-state index is 0.00200. The van der Waals surface area contributed by atoms with Crippen molar-refractivity contribution in [3.05, 3.63) is 24.3 Å². The van der Waals surface area contributed by atoms with Gasteiger partial charge in [0.15, 0.2) is 5.71 Å². The molecule has 0 radical (unpaired) electrons. The summed E-state index contributed by atoms with van der Waals surface area (Å²) in [6.07, 6.45) is 0. The summed E-state index contributed by atoms with van der Waals surface area (Å²) in [5, 5.41) is 6.70. The molecule has 1 aromatic carbocycles. The summed E-state index contributed by atoms with van der Waals surface area (Å²) in [5.74, 6) is -0.478. The second-order valence-corrected chi connectivity index (χ2v) is 5.54. The smallest absolute Gasteiger partial charge is 0.277 e. The van der Waals surface area contributed by atoms with Crippen LogP contribution in [-0.4, -0.2) is 53.7 Å². The van der Waals surface area contributed by atoms with Gasteiger partial charge < -0.3 is 20.7 Å². The van der Waals surface area contributed by atoms with Crippen molar-refractivity contribution >= 4 is 46.1 Å². The van der Waals surface area contributed by atoms with E-state index in [-0.39, 0.29) is 22.5 Å². The number of ether oxygens (including phenoxy) is 1. The van der Waals surface area contributed by atoms with E-state index in [1.165, 1.54) is 6.92 Å². The lowest BCUT2D eigenvalue weighted by Gasteiger charge is -2.26. The molecule has 0 saturated carbocycles. The van der Waals surface area contributed by atoms with E-state index in [0.29, 0.717) is 37.7 Å². The maximum atomic E-state index is 12.4. The SMILES string of the molecule is CC(=O)Nc1ccc(N/N=C(/C(=O)N2CCOCC2)C(N)=S)cc1. The lowest BCUT2D eigenvalue weighted by molar-refractivity contribution is -0.127. The van der Waals surface area contributed by atoms with Crippen LogP contribution in [0.3, 0.4) is 0 Å². The standard InChI is InChI=1S/C15H19N5O3S/c1-10(21)17-11-2-4-12(5-3-11)18-19-13(14(16)24)15(22)20-6-8-23-9-7-20/h2-5,18H,6-9H2,1H3,(H2,16,24)(H,17,21)/b19-13+. The molecular formula is C15H19N5O3S. The minimum atomic E-state index is -0.326. The second kappa shape index (κ2) is 8.37. The first kappa shape index (κ1) is 17.8. The fraction of sp³-hybridized carbons (Fsp3) is 0.333. The van der Waals surface area contributed by atoms with E-state index >= 15 is 0 Å². The fourth-order valence-electron chi connectivity index (χ4n) is 2.08. The lowest BCUT2D eigenvalue weighted by Crippen LogP contribution is -2.47. The Bertz CT molecular complexity index is 654. The van der Waals surface area contributed by atoms with Crippen LogP contribution in [0.1, 0.15) is 6.92 Å². The highest BCUT2D eigenvalue weighted by molar-refractivity contribution is 7.82. The molecule has 1 aromatic rings. The topological polar surface area (TPSA) is 109 Å². The zero-order chi connectivity index (χ0) is 17.5. The Morgan fingerprint density at radius 3 is 2.33 bits per heavy atom. The number of hydrazone groups is 1. The summed E-state index contributed by atoms with van der Waals surface area (Å²) in [6.45, 7) is 3.35. The third-order valence-electron chi connectivity index (χ3n) is 3.24. The molecule has 9 heteroatoms. The van der Waals surface area contributed by atoms with Crippen LogP contribution in [-0.2, 0) is 14.3 Å². The first-order valence-corrected chi connectivity index (χ1v) is 7.76. The number of carbonyl (C=O) groups is 2. The Morgan fingerprint density at radius 2 is 1.79 bits per heavy atom. The lowest BCUT2D eigenvalue weighted by atomic mass is 10.3. The molecule has 1 fully saturated rings. The number of anilines is 2. The molecule has 2 amide bonds. The van der Waals surface area contributed by atoms with E-state index in [1.54, 1.807) is 29.2 Å². The van der Waals surface area contributed by atoms with Gasteiger partial charge >= 0.3 is 0 Å². The molecule has 128 valence electrons. The summed E-state index contributed by atoms with van der Waals surface area (Å²) in [4.78, 5) is 24.9. The van der Waals surface area contributed by atoms with Crippen molar-refractivity contribution in [3.63, 3.8) is 0 Å². The van der Waals surface area contributed by atoms with Crippen LogP contribution in [0, 0.1) is 0 Å². The van der Waals surface area contributed by atoms with E-state index in [9.17, 15) is 9.59 Å². The molecule has 8 nitrogen and oxygen atoms in total. The van der Waals surface area contributed by atoms with Gasteiger partial charge in [-0.2, -0.15) is 5.10 Å². The van der Waals surface area contributed by atoms with Gasteiger partial charge in [-0.3, -0.25) is 15.0 Å². The van der Waals surface area contributed by atoms with E-state index < -0.39 is 0 Å². The summed E-state index contributed by atoms with van der Waals surface area (Å²) in [6, 6.07) is 6.85. The number of benzene rings is 1. The summed E-state index contributed by atoms with van der Waals surface area (Å²) in [7, 11) is 0. The quantitative estimate of drug-likeness (QED) is 0.407. The van der Waals surface area contributed by atoms with Gasteiger partial charge in [0.2, 0.25) is 5.91 Å². The van der Waals surface area contributed by atoms with Crippen LogP contribution in [0.25, 0.3) is 0 Å². The number of nitrogens with zero attached hydrogens (tertiary/aromatic N) is 2. The number of hydrogen-bond donors (Lipinski definition) is 3. The van der Waals surface area contributed by atoms with E-state index in [2.05, 4.69) is 15.8 Å². The number of nitrogens with one attached hydrogen (secondary N) is 2. The van der Waals surface area contributed by atoms with Crippen LogP contribution in [0.15, 0.2) is 29.4 Å². The predicted molar refractivity (Wildman–Crippen MR) is 96.0 cm³/mol. The normalized spacial score (nSPS) is 14.9. The summed E-state index contributed by atoms with van der Waals surface area (Å²) < 4.78 is 5.21. The number of rotatable bonds is 5. The van der Waals surface area contributed by atoms with Gasteiger partial charge in [0.1, 0.15) is 4.99 Å². The first-order valence-electron chi connectivity index (χ1n) is 7.35. The molecule has 0 spiro atoms. The van der Waals surface area contributed by atoms with Crippen LogP contribution >= 0.6 is 12.2 Å². The Balaban J connectivity index is 2.06. The fourth-order valence-corrected chi connectivity index (χ4v) is 2.21. The minimum Gasteiger partial charge on any atom is -0.388 e. The highest BCUT2D eigenvalue weighted by Gasteiger charge is 2.23. The molecule has 0 atom stereocenters.